The molecule has 145 heavy (non-hydrogen) atoms. The number of likely N-dealkylation sites (tertiary alicyclic amines) is 2. The normalized spacial score (nSPS) is 13.6. The fourth-order valence-corrected chi connectivity index (χ4v) is 17.9. The maximum Gasteiger partial charge on any atom is 0.108 e. The van der Waals surface area contributed by atoms with E-state index in [1.807, 2.05) is 139 Å². The standard InChI is InChI=1S/C33H41NO4.C33H39NO4.C18H21NO.C15H19ClO3.C10H10BrClO.C8H18O2Si.3CH4.Mn.2O/c2*1-33(2,32(36)37-3)28-18-16-25(17-19-28)30(35)15-10-22-34-23-20-29(21-24-34)38-31(26-11-6-4-7-12-26)27-13-8-5-9-14-27;1-3-7-15(8-4-1)18(16-9-5-2-6-10-16)20-17-11-13-19-14-12-17;1-15(2,14(18)19-3)12-8-6-11(7-9-12)13(17)5-4-10-16;11-9-5-3-8(4-6-9)10(13)2-1-7-12;1-7(2)8(9-3)10-11(4,5)6;;;;;;/h4-9,11-14,16-19,29-31,35H,10,15,20-24H2,1-3H3;4-9,11-14,16-19,29,31H,10,15,20-24H2,1-3H3;1-10,17-19H,11-14H2;6-9H,4-5,10H2,1-3H3;3-6H,1-2,7H2;1-6H3;3*1H4;;;. The number of hydrogen-bond acceptors (Lipinski definition) is 20. The van der Waals surface area contributed by atoms with E-state index in [9.17, 15) is 33.9 Å². The SMILES string of the molecule is C.C.C.COC(=O)C(C)(C)c1ccc(C(=O)CCCCl)cc1.COC(=O)C(C)(C)c1ccc(C(=O)CCCN2CCC(OC(c3ccccc3)c3ccccc3)CC2)cc1.COC(=O)C(C)(C)c1ccc(C(O)CCCN2CCC(OC(c3ccccc3)c3ccccc3)CC2)cc1.COC(O[Si](C)(C)C)=C(C)C.O=C(CCCCl)c1ccc(Br)cc1.[O]=[Mn]=[O].c1ccc(C(OC2CCNCC2)c2ccccc2)cc1. The monoisotopic (exact) mass is 2150 g/mol. The summed E-state index contributed by atoms with van der Waals surface area (Å²) in [6, 6.07) is 92.4. The third-order valence-corrected chi connectivity index (χ3v) is 26.8. The summed E-state index contributed by atoms with van der Waals surface area (Å²) < 4.78 is 62.9. The van der Waals surface area contributed by atoms with Gasteiger partial charge in [-0.15, -0.1) is 23.2 Å². The molecule has 3 aliphatic heterocycles. The molecule has 0 saturated carbocycles. The van der Waals surface area contributed by atoms with Gasteiger partial charge in [-0.3, -0.25) is 28.8 Å². The van der Waals surface area contributed by atoms with Crippen LogP contribution in [0.3, 0.4) is 0 Å². The number of Topliss-reactive ketones (excluding diaryl/α,β-unsaturated/α-hetero) is 3. The number of esters is 3. The van der Waals surface area contributed by atoms with Crippen LogP contribution in [0.2, 0.25) is 19.6 Å². The molecule has 25 heteroatoms. The van der Waals surface area contributed by atoms with Crippen LogP contribution >= 0.6 is 39.1 Å². The van der Waals surface area contributed by atoms with Crippen molar-refractivity contribution >= 4 is 82.7 Å². The zero-order valence-electron chi connectivity index (χ0n) is 85.5. The summed E-state index contributed by atoms with van der Waals surface area (Å²) in [5.74, 6) is 1.23. The van der Waals surface area contributed by atoms with Crippen LogP contribution in [0.4, 0.5) is 0 Å². The first kappa shape index (κ1) is 127. The molecule has 1 unspecified atom stereocenters. The Morgan fingerprint density at radius 1 is 0.393 bits per heavy atom. The number of carbonyl (C=O) groups excluding carboxylic acids is 6. The van der Waals surface area contributed by atoms with E-state index in [-0.39, 0.29) is 88.1 Å². The first-order chi connectivity index (χ1) is 68.1. The molecule has 0 aliphatic carbocycles. The number of benzene rings is 10. The summed E-state index contributed by atoms with van der Waals surface area (Å²) >= 11 is 12.9. The maximum absolute atomic E-state index is 12.8. The average Bonchev–Trinajstić information content (AvgIpc) is 0.816. The van der Waals surface area contributed by atoms with Crippen LogP contribution in [0.25, 0.3) is 0 Å². The summed E-state index contributed by atoms with van der Waals surface area (Å²) in [5, 5.41) is 14.1. The van der Waals surface area contributed by atoms with E-state index in [1.165, 1.54) is 54.7 Å². The van der Waals surface area contributed by atoms with Crippen LogP contribution in [0.1, 0.15) is 279 Å². The van der Waals surface area contributed by atoms with Crippen molar-refractivity contribution in [2.24, 2.45) is 0 Å². The number of piperidine rings is 3. The van der Waals surface area contributed by atoms with Crippen LogP contribution in [0, 0.1) is 0 Å². The van der Waals surface area contributed by atoms with Gasteiger partial charge in [-0.2, -0.15) is 0 Å². The molecule has 20 nitrogen and oxygen atoms in total. The second-order valence-corrected chi connectivity index (χ2v) is 44.4. The Hall–Kier alpha value is -9.92. The number of aliphatic hydroxyl groups is 1. The molecule has 0 amide bonds. The Morgan fingerprint density at radius 3 is 0.910 bits per heavy atom. The predicted octanol–water partition coefficient (Wildman–Crippen LogP) is 27.5. The minimum atomic E-state index is -1.49. The number of methoxy groups -OCH3 is 4. The molecule has 3 aliphatic rings. The van der Waals surface area contributed by atoms with E-state index in [0.29, 0.717) is 67.0 Å². The largest absolute Gasteiger partial charge is 0.365 e. The van der Waals surface area contributed by atoms with Crippen molar-refractivity contribution in [3.8, 4) is 0 Å². The smallest absolute Gasteiger partial charge is 0.108 e. The van der Waals surface area contributed by atoms with Gasteiger partial charge in [0.15, 0.2) is 17.3 Å². The fourth-order valence-electron chi connectivity index (χ4n) is 16.5. The first-order valence-corrected chi connectivity index (χ1v) is 55.3. The third-order valence-electron chi connectivity index (χ3n) is 25.0. The predicted molar refractivity (Wildman–Crippen MR) is 589 cm³/mol. The number of aliphatic hydroxyl groups excluding tert-OH is 1. The number of hydrogen-bond donors (Lipinski definition) is 2. The average molecular weight is 2150 g/mol. The van der Waals surface area contributed by atoms with E-state index in [1.54, 1.807) is 45.2 Å². The van der Waals surface area contributed by atoms with Crippen molar-refractivity contribution in [2.45, 2.75) is 246 Å². The van der Waals surface area contributed by atoms with E-state index >= 15 is 0 Å². The number of rotatable bonds is 39. The molecule has 789 valence electrons. The molecule has 10 aromatic carbocycles. The van der Waals surface area contributed by atoms with Gasteiger partial charge in [0.2, 0.25) is 8.32 Å². The van der Waals surface area contributed by atoms with Gasteiger partial charge >= 0.3 is 40.4 Å². The van der Waals surface area contributed by atoms with Gasteiger partial charge < -0.3 is 57.8 Å². The van der Waals surface area contributed by atoms with Crippen LogP contribution in [0.5, 0.6) is 0 Å². The van der Waals surface area contributed by atoms with Gasteiger partial charge in [-0.05, 0) is 240 Å². The van der Waals surface area contributed by atoms with Gasteiger partial charge in [0.25, 0.3) is 5.95 Å². The molecule has 0 spiro atoms. The zero-order valence-corrected chi connectivity index (χ0v) is 90.7. The summed E-state index contributed by atoms with van der Waals surface area (Å²) in [6.07, 6.45) is 11.8. The third kappa shape index (κ3) is 43.8. The van der Waals surface area contributed by atoms with Gasteiger partial charge in [0.05, 0.1) is 69.1 Å². The number of nitrogens with zero attached hydrogens (tertiary/aromatic N) is 2. The van der Waals surface area contributed by atoms with Crippen LogP contribution < -0.4 is 5.32 Å². The molecule has 0 aromatic heterocycles. The molecular formula is C120H160BrCl2MnN3O17Si. The number of alkyl halides is 2. The number of nitrogens with one attached hydrogen (secondary N) is 1. The second-order valence-electron chi connectivity index (χ2n) is 38.1. The van der Waals surface area contributed by atoms with E-state index in [4.69, 9.17) is 68.5 Å². The van der Waals surface area contributed by atoms with Crippen molar-refractivity contribution < 1.29 is 93.9 Å². The number of ether oxygens (including phenoxy) is 7. The number of halogens is 3. The molecule has 3 heterocycles. The molecule has 2 N–H and O–H groups in total. The van der Waals surface area contributed by atoms with Gasteiger partial charge in [0.1, 0.15) is 18.3 Å². The van der Waals surface area contributed by atoms with E-state index in [0.717, 1.165) is 148 Å². The molecule has 3 saturated heterocycles. The van der Waals surface area contributed by atoms with Crippen molar-refractivity contribution in [1.82, 2.24) is 15.1 Å². The van der Waals surface area contributed by atoms with E-state index in [2.05, 4.69) is 208 Å². The second kappa shape index (κ2) is 67.8. The Balaban J connectivity index is 0.000000379. The topological polar surface area (TPSA) is 249 Å². The van der Waals surface area contributed by atoms with E-state index < -0.39 is 45.5 Å². The quantitative estimate of drug-likeness (QED) is 0.00907. The molecule has 1 atom stereocenters. The molecule has 0 radical (unpaired) electrons. The minimum Gasteiger partial charge on any atom is -0.365 e. The van der Waals surface area contributed by atoms with Crippen LogP contribution in [0.15, 0.2) is 295 Å². The Labute approximate surface area is 891 Å². The maximum atomic E-state index is 12.8. The number of allylic oxidation sites excluding steroid dienone is 1. The summed E-state index contributed by atoms with van der Waals surface area (Å²) in [7, 11) is 4.32. The Morgan fingerprint density at radius 2 is 0.655 bits per heavy atom. The Kier molecular flexibility index (Phi) is 59.6. The van der Waals surface area contributed by atoms with Crippen molar-refractivity contribution in [3.63, 3.8) is 0 Å². The minimum absolute atomic E-state index is 0. The molecule has 13 rings (SSSR count). The molecule has 3 fully saturated rings. The van der Waals surface area contributed by atoms with Crippen molar-refractivity contribution in [1.29, 1.82) is 0 Å². The first-order valence-electron chi connectivity index (χ1n) is 49.1. The van der Waals surface area contributed by atoms with Gasteiger partial charge in [0, 0.05) is 83.9 Å². The number of carbonyl (C=O) groups is 6. The summed E-state index contributed by atoms with van der Waals surface area (Å²) in [6.45, 7) is 29.3. The zero-order chi connectivity index (χ0) is 103. The summed E-state index contributed by atoms with van der Waals surface area (Å²) in [4.78, 5) is 76.7. The van der Waals surface area contributed by atoms with Gasteiger partial charge in [-0.25, -0.2) is 0 Å². The summed E-state index contributed by atoms with van der Waals surface area (Å²) in [5.41, 5.74) is 11.7. The van der Waals surface area contributed by atoms with Gasteiger partial charge in [-0.1, -0.05) is 305 Å². The number of ketones is 3. The molecular weight excluding hydrogens is 1990 g/mol. The van der Waals surface area contributed by atoms with Crippen molar-refractivity contribution in [2.75, 3.05) is 92.6 Å². The van der Waals surface area contributed by atoms with Crippen LogP contribution in [-0.4, -0.2) is 169 Å². The Bertz CT molecular complexity index is 5270. The van der Waals surface area contributed by atoms with Crippen LogP contribution in [-0.2, 0) is 90.7 Å². The van der Waals surface area contributed by atoms with Crippen molar-refractivity contribution in [3.05, 3.63) is 367 Å². The molecule has 10 aromatic rings. The molecule has 0 bridgehead atoms. The fraction of sp³-hybridized carbons (Fsp3) is 0.433.